The maximum atomic E-state index is 12.7. The van der Waals surface area contributed by atoms with Gasteiger partial charge in [0.25, 0.3) is 5.91 Å². The fourth-order valence-corrected chi connectivity index (χ4v) is 4.62. The van der Waals surface area contributed by atoms with Crippen molar-refractivity contribution >= 4 is 23.2 Å². The highest BCUT2D eigenvalue weighted by molar-refractivity contribution is 7.17. The van der Waals surface area contributed by atoms with Crippen LogP contribution < -0.4 is 18.9 Å². The average Bonchev–Trinajstić information content (AvgIpc) is 3.55. The van der Waals surface area contributed by atoms with Crippen molar-refractivity contribution in [2.24, 2.45) is 0 Å². The van der Waals surface area contributed by atoms with Crippen molar-refractivity contribution in [3.8, 4) is 33.4 Å². The van der Waals surface area contributed by atoms with Crippen molar-refractivity contribution in [1.82, 2.24) is 4.90 Å². The summed E-state index contributed by atoms with van der Waals surface area (Å²) in [5, 5.41) is 0. The van der Waals surface area contributed by atoms with Crippen molar-refractivity contribution in [2.45, 2.75) is 13.5 Å². The van der Waals surface area contributed by atoms with Crippen molar-refractivity contribution in [3.63, 3.8) is 0 Å². The maximum Gasteiger partial charge on any atom is 0.348 e. The second-order valence-corrected chi connectivity index (χ2v) is 8.78. The van der Waals surface area contributed by atoms with E-state index in [1.54, 1.807) is 11.0 Å². The average molecular weight is 482 g/mol. The van der Waals surface area contributed by atoms with Crippen LogP contribution in [0.1, 0.15) is 22.2 Å². The van der Waals surface area contributed by atoms with Crippen LogP contribution in [0, 0.1) is 0 Å². The molecule has 0 radical (unpaired) electrons. The highest BCUT2D eigenvalue weighted by Gasteiger charge is 2.20. The zero-order valence-corrected chi connectivity index (χ0v) is 19.4. The van der Waals surface area contributed by atoms with Gasteiger partial charge in [-0.2, -0.15) is 0 Å². The van der Waals surface area contributed by atoms with E-state index >= 15 is 0 Å². The molecule has 1 amide bonds. The van der Waals surface area contributed by atoms with Crippen LogP contribution in [0.4, 0.5) is 0 Å². The van der Waals surface area contributed by atoms with E-state index in [0.29, 0.717) is 54.2 Å². The first-order chi connectivity index (χ1) is 16.6. The molecule has 3 heterocycles. The van der Waals surface area contributed by atoms with E-state index in [0.717, 1.165) is 16.0 Å². The number of fused-ring (bicyclic) bond motifs is 2. The summed E-state index contributed by atoms with van der Waals surface area (Å²) in [5.41, 5.74) is 1.83. The SMILES string of the molecule is CCN(Cc1ccc2c(c1)OCO2)C(=O)COC(=O)c1ccc(-c2ccc3c(c2)OCCO3)s1. The summed E-state index contributed by atoms with van der Waals surface area (Å²) >= 11 is 1.30. The van der Waals surface area contributed by atoms with Gasteiger partial charge in [0.15, 0.2) is 29.6 Å². The van der Waals surface area contributed by atoms with Gasteiger partial charge in [0, 0.05) is 18.0 Å². The van der Waals surface area contributed by atoms with Gasteiger partial charge in [-0.25, -0.2) is 4.79 Å². The normalized spacial score (nSPS) is 13.4. The number of rotatable bonds is 7. The molecule has 0 saturated carbocycles. The van der Waals surface area contributed by atoms with Crippen molar-refractivity contribution in [1.29, 1.82) is 0 Å². The number of likely N-dealkylation sites (N-methyl/N-ethyl adjacent to an activating group) is 1. The summed E-state index contributed by atoms with van der Waals surface area (Å²) in [6.45, 7) is 3.67. The lowest BCUT2D eigenvalue weighted by Crippen LogP contribution is -2.34. The van der Waals surface area contributed by atoms with Crippen LogP contribution in [0.3, 0.4) is 0 Å². The van der Waals surface area contributed by atoms with Gasteiger partial charge >= 0.3 is 5.97 Å². The Morgan fingerprint density at radius 2 is 1.65 bits per heavy atom. The summed E-state index contributed by atoms with van der Waals surface area (Å²) in [6, 6.07) is 14.8. The Balaban J connectivity index is 1.18. The molecule has 1 aromatic heterocycles. The number of benzene rings is 2. The number of carbonyl (C=O) groups is 2. The molecule has 0 unspecified atom stereocenters. The third-order valence-electron chi connectivity index (χ3n) is 5.51. The zero-order valence-electron chi connectivity index (χ0n) is 18.6. The molecule has 2 aliphatic rings. The number of hydrogen-bond donors (Lipinski definition) is 0. The topological polar surface area (TPSA) is 83.5 Å². The summed E-state index contributed by atoms with van der Waals surface area (Å²) in [7, 11) is 0. The van der Waals surface area contributed by atoms with Crippen LogP contribution in [-0.2, 0) is 16.1 Å². The standard InChI is InChI=1S/C25H23NO7S/c1-2-26(13-16-3-5-19-20(11-16)33-15-32-19)24(27)14-31-25(28)23-8-7-22(34-23)17-4-6-18-21(12-17)30-10-9-29-18/h3-8,11-12H,2,9-10,13-15H2,1H3. The second kappa shape index (κ2) is 9.64. The lowest BCUT2D eigenvalue weighted by atomic mass is 10.1. The van der Waals surface area contributed by atoms with Crippen LogP contribution in [0.15, 0.2) is 48.5 Å². The number of hydrogen-bond acceptors (Lipinski definition) is 8. The number of thiophene rings is 1. The molecule has 0 atom stereocenters. The molecule has 0 bridgehead atoms. The summed E-state index contributed by atoms with van der Waals surface area (Å²) in [6.07, 6.45) is 0. The molecular weight excluding hydrogens is 458 g/mol. The van der Waals surface area contributed by atoms with E-state index in [-0.39, 0.29) is 19.3 Å². The quantitative estimate of drug-likeness (QED) is 0.470. The smallest absolute Gasteiger partial charge is 0.348 e. The molecule has 8 nitrogen and oxygen atoms in total. The first-order valence-corrected chi connectivity index (χ1v) is 11.8. The molecule has 2 aliphatic heterocycles. The number of ether oxygens (including phenoxy) is 5. The Bertz CT molecular complexity index is 1220. The summed E-state index contributed by atoms with van der Waals surface area (Å²) in [4.78, 5) is 28.2. The van der Waals surface area contributed by atoms with Crippen LogP contribution in [0.25, 0.3) is 10.4 Å². The monoisotopic (exact) mass is 481 g/mol. The molecule has 0 spiro atoms. The van der Waals surface area contributed by atoms with E-state index in [2.05, 4.69) is 0 Å². The van der Waals surface area contributed by atoms with Crippen molar-refractivity contribution in [3.05, 3.63) is 59.0 Å². The van der Waals surface area contributed by atoms with Gasteiger partial charge in [-0.3, -0.25) is 4.79 Å². The summed E-state index contributed by atoms with van der Waals surface area (Å²) in [5.74, 6) is 1.97. The predicted molar refractivity (Wildman–Crippen MR) is 125 cm³/mol. The third-order valence-corrected chi connectivity index (χ3v) is 6.62. The highest BCUT2D eigenvalue weighted by atomic mass is 32.1. The van der Waals surface area contributed by atoms with Gasteiger partial charge in [0.05, 0.1) is 0 Å². The second-order valence-electron chi connectivity index (χ2n) is 7.69. The number of carbonyl (C=O) groups excluding carboxylic acids is 2. The summed E-state index contributed by atoms with van der Waals surface area (Å²) < 4.78 is 27.2. The van der Waals surface area contributed by atoms with Gasteiger partial charge in [-0.15, -0.1) is 11.3 Å². The Labute approximate surface area is 200 Å². The molecule has 0 fully saturated rings. The molecule has 176 valence electrons. The number of amides is 1. The number of nitrogens with zero attached hydrogens (tertiary/aromatic N) is 1. The minimum Gasteiger partial charge on any atom is -0.486 e. The predicted octanol–water partition coefficient (Wildman–Crippen LogP) is 4.12. The van der Waals surface area contributed by atoms with E-state index in [9.17, 15) is 9.59 Å². The molecule has 0 aliphatic carbocycles. The zero-order chi connectivity index (χ0) is 23.5. The Morgan fingerprint density at radius 1 is 0.912 bits per heavy atom. The van der Waals surface area contributed by atoms with Gasteiger partial charge in [0.2, 0.25) is 6.79 Å². The largest absolute Gasteiger partial charge is 0.486 e. The van der Waals surface area contributed by atoms with Gasteiger partial charge < -0.3 is 28.6 Å². The highest BCUT2D eigenvalue weighted by Crippen LogP contribution is 2.37. The molecule has 3 aromatic rings. The van der Waals surface area contributed by atoms with E-state index < -0.39 is 5.97 Å². The van der Waals surface area contributed by atoms with Crippen molar-refractivity contribution < 1.29 is 33.3 Å². The Kier molecular flexibility index (Phi) is 6.27. The van der Waals surface area contributed by atoms with Crippen molar-refractivity contribution in [2.75, 3.05) is 33.2 Å². The molecule has 34 heavy (non-hydrogen) atoms. The van der Waals surface area contributed by atoms with Crippen LogP contribution in [-0.4, -0.2) is 49.9 Å². The fraction of sp³-hybridized carbons (Fsp3) is 0.280. The molecule has 0 saturated heterocycles. The lowest BCUT2D eigenvalue weighted by molar-refractivity contribution is -0.134. The minimum absolute atomic E-state index is 0.199. The minimum atomic E-state index is -0.527. The molecular formula is C25H23NO7S. The maximum absolute atomic E-state index is 12.7. The van der Waals surface area contributed by atoms with Gasteiger partial charge in [0.1, 0.15) is 18.1 Å². The molecule has 5 rings (SSSR count). The van der Waals surface area contributed by atoms with Crippen LogP contribution in [0.5, 0.6) is 23.0 Å². The van der Waals surface area contributed by atoms with Crippen LogP contribution in [0.2, 0.25) is 0 Å². The van der Waals surface area contributed by atoms with Gasteiger partial charge in [-0.1, -0.05) is 6.07 Å². The molecule has 9 heteroatoms. The van der Waals surface area contributed by atoms with Crippen LogP contribution >= 0.6 is 11.3 Å². The van der Waals surface area contributed by atoms with E-state index in [4.69, 9.17) is 23.7 Å². The van der Waals surface area contributed by atoms with E-state index in [1.165, 1.54) is 11.3 Å². The first kappa shape index (κ1) is 22.1. The van der Waals surface area contributed by atoms with E-state index in [1.807, 2.05) is 49.4 Å². The first-order valence-electron chi connectivity index (χ1n) is 10.9. The Morgan fingerprint density at radius 3 is 2.50 bits per heavy atom. The molecule has 0 N–H and O–H groups in total. The molecule has 2 aromatic carbocycles. The lowest BCUT2D eigenvalue weighted by Gasteiger charge is -2.21. The fourth-order valence-electron chi connectivity index (χ4n) is 3.73. The number of esters is 1. The van der Waals surface area contributed by atoms with Gasteiger partial charge in [-0.05, 0) is 60.5 Å². The third kappa shape index (κ3) is 4.65. The Hall–Kier alpha value is -3.72.